The van der Waals surface area contributed by atoms with Gasteiger partial charge in [-0.3, -0.25) is 9.48 Å². The van der Waals surface area contributed by atoms with Crippen molar-refractivity contribution in [2.24, 2.45) is 0 Å². The first-order valence-electron chi connectivity index (χ1n) is 7.41. The van der Waals surface area contributed by atoms with Crippen molar-refractivity contribution >= 4 is 16.7 Å². The number of carbonyl (C=O) groups is 1. The van der Waals surface area contributed by atoms with Crippen LogP contribution in [0.4, 0.5) is 0 Å². The minimum atomic E-state index is -0.800. The normalized spacial score (nSPS) is 11.4. The first kappa shape index (κ1) is 15.7. The third-order valence-corrected chi connectivity index (χ3v) is 3.27. The van der Waals surface area contributed by atoms with Crippen molar-refractivity contribution < 1.29 is 14.3 Å². The largest absolute Gasteiger partial charge is 0.346 e. The Hall–Kier alpha value is -1.72. The Morgan fingerprint density at radius 3 is 2.48 bits per heavy atom. The zero-order valence-electron chi connectivity index (χ0n) is 12.8. The minimum Gasteiger partial charge on any atom is -0.346 e. The van der Waals surface area contributed by atoms with Gasteiger partial charge in [-0.25, -0.2) is 0 Å². The van der Waals surface area contributed by atoms with Crippen LogP contribution in [0.1, 0.15) is 26.5 Å². The van der Waals surface area contributed by atoms with Gasteiger partial charge in [-0.15, -0.1) is 0 Å². The van der Waals surface area contributed by atoms with Crippen LogP contribution in [0.15, 0.2) is 24.3 Å². The molecule has 0 aliphatic carbocycles. The van der Waals surface area contributed by atoms with Crippen LogP contribution in [0, 0.1) is 0 Å². The lowest BCUT2D eigenvalue weighted by Crippen LogP contribution is -2.29. The van der Waals surface area contributed by atoms with Crippen LogP contribution < -0.4 is 0 Å². The van der Waals surface area contributed by atoms with Gasteiger partial charge < -0.3 is 9.47 Å². The van der Waals surface area contributed by atoms with Crippen LogP contribution in [0.2, 0.25) is 0 Å². The monoisotopic (exact) mass is 290 g/mol. The third kappa shape index (κ3) is 3.49. The summed E-state index contributed by atoms with van der Waals surface area (Å²) in [6.07, 6.45) is -0.580. The molecule has 1 aromatic heterocycles. The molecule has 0 spiro atoms. The first-order chi connectivity index (χ1) is 10.2. The predicted octanol–water partition coefficient (Wildman–Crippen LogP) is 2.57. The van der Waals surface area contributed by atoms with E-state index in [1.165, 1.54) is 0 Å². The quantitative estimate of drug-likeness (QED) is 0.701. The Bertz CT molecular complexity index is 601. The lowest BCUT2D eigenvalue weighted by Gasteiger charge is -2.14. The molecule has 0 radical (unpaired) electrons. The first-order valence-corrected chi connectivity index (χ1v) is 7.41. The van der Waals surface area contributed by atoms with Gasteiger partial charge in [0.2, 0.25) is 6.29 Å². The molecule has 0 atom stereocenters. The molecule has 0 saturated heterocycles. The zero-order chi connectivity index (χ0) is 15.2. The van der Waals surface area contributed by atoms with E-state index in [4.69, 9.17) is 9.47 Å². The maximum atomic E-state index is 12.3. The molecule has 0 bridgehead atoms. The van der Waals surface area contributed by atoms with Crippen LogP contribution in [-0.2, 0) is 27.2 Å². The molecule has 21 heavy (non-hydrogen) atoms. The summed E-state index contributed by atoms with van der Waals surface area (Å²) in [5, 5.41) is 5.55. The summed E-state index contributed by atoms with van der Waals surface area (Å²) >= 11 is 0. The highest BCUT2D eigenvalue weighted by atomic mass is 16.7. The third-order valence-electron chi connectivity index (χ3n) is 3.27. The summed E-state index contributed by atoms with van der Waals surface area (Å²) in [5.74, 6) is -0.0924. The van der Waals surface area contributed by atoms with Gasteiger partial charge >= 0.3 is 0 Å². The fourth-order valence-corrected chi connectivity index (χ4v) is 2.35. The number of para-hydroxylation sites is 1. The maximum absolute atomic E-state index is 12.3. The van der Waals surface area contributed by atoms with Gasteiger partial charge in [0.1, 0.15) is 0 Å². The Labute approximate surface area is 124 Å². The lowest BCUT2D eigenvalue weighted by molar-refractivity contribution is -0.167. The molecule has 1 aromatic carbocycles. The van der Waals surface area contributed by atoms with Gasteiger partial charge in [-0.1, -0.05) is 18.2 Å². The number of hydrogen-bond acceptors (Lipinski definition) is 4. The fourth-order valence-electron chi connectivity index (χ4n) is 2.35. The summed E-state index contributed by atoms with van der Waals surface area (Å²) in [4.78, 5) is 12.3. The van der Waals surface area contributed by atoms with E-state index in [1.54, 1.807) is 0 Å². The average Bonchev–Trinajstić information content (AvgIpc) is 2.85. The van der Waals surface area contributed by atoms with Crippen molar-refractivity contribution in [1.82, 2.24) is 9.78 Å². The molecule has 0 saturated carbocycles. The number of fused-ring (bicyclic) bond motifs is 1. The second kappa shape index (κ2) is 7.33. The number of Topliss-reactive ketones (excluding diaryl/α,β-unsaturated/α-hetero) is 1. The molecule has 114 valence electrons. The Morgan fingerprint density at radius 1 is 1.19 bits per heavy atom. The molecule has 0 aliphatic heterocycles. The molecular formula is C16H22N2O3. The van der Waals surface area contributed by atoms with E-state index in [1.807, 2.05) is 49.7 Å². The SMILES string of the molecule is CCOC(OCC)C(=O)Cc1nn(CC)c2ccccc12. The molecule has 5 heteroatoms. The molecule has 0 N–H and O–H groups in total. The van der Waals surface area contributed by atoms with E-state index in [0.29, 0.717) is 13.2 Å². The number of rotatable bonds is 8. The summed E-state index contributed by atoms with van der Waals surface area (Å²) in [7, 11) is 0. The number of nitrogens with zero attached hydrogens (tertiary/aromatic N) is 2. The molecule has 1 heterocycles. The number of hydrogen-bond donors (Lipinski definition) is 0. The average molecular weight is 290 g/mol. The summed E-state index contributed by atoms with van der Waals surface area (Å²) in [5.41, 5.74) is 1.83. The van der Waals surface area contributed by atoms with Crippen molar-refractivity contribution in [3.63, 3.8) is 0 Å². The summed E-state index contributed by atoms with van der Waals surface area (Å²) in [6.45, 7) is 7.39. The molecular weight excluding hydrogens is 268 g/mol. The molecule has 0 fully saturated rings. The number of ether oxygens (including phenoxy) is 2. The van der Waals surface area contributed by atoms with Crippen molar-refractivity contribution in [3.05, 3.63) is 30.0 Å². The van der Waals surface area contributed by atoms with Crippen LogP contribution in [-0.4, -0.2) is 35.1 Å². The predicted molar refractivity (Wildman–Crippen MR) is 81.2 cm³/mol. The van der Waals surface area contributed by atoms with E-state index in [-0.39, 0.29) is 12.2 Å². The number of benzene rings is 1. The maximum Gasteiger partial charge on any atom is 0.218 e. The number of carbonyl (C=O) groups excluding carboxylic acids is 1. The standard InChI is InChI=1S/C16H22N2O3/c1-4-18-14-10-8-7-9-12(14)13(17-18)11-15(19)16(20-5-2)21-6-3/h7-10,16H,4-6,11H2,1-3H3. The van der Waals surface area contributed by atoms with Gasteiger partial charge in [-0.2, -0.15) is 5.10 Å². The van der Waals surface area contributed by atoms with Gasteiger partial charge in [0.15, 0.2) is 5.78 Å². The Morgan fingerprint density at radius 2 is 1.86 bits per heavy atom. The van der Waals surface area contributed by atoms with Crippen molar-refractivity contribution in [1.29, 1.82) is 0 Å². The highest BCUT2D eigenvalue weighted by molar-refractivity contribution is 5.90. The van der Waals surface area contributed by atoms with E-state index in [2.05, 4.69) is 5.10 Å². The smallest absolute Gasteiger partial charge is 0.218 e. The highest BCUT2D eigenvalue weighted by Gasteiger charge is 2.21. The molecule has 0 aliphatic rings. The Balaban J connectivity index is 2.24. The fraction of sp³-hybridized carbons (Fsp3) is 0.500. The molecule has 5 nitrogen and oxygen atoms in total. The minimum absolute atomic E-state index is 0.0924. The van der Waals surface area contributed by atoms with Gasteiger partial charge in [-0.05, 0) is 26.8 Å². The lowest BCUT2D eigenvalue weighted by atomic mass is 10.1. The second-order valence-corrected chi connectivity index (χ2v) is 4.67. The molecule has 2 aromatic rings. The van der Waals surface area contributed by atoms with E-state index in [9.17, 15) is 4.79 Å². The highest BCUT2D eigenvalue weighted by Crippen LogP contribution is 2.19. The topological polar surface area (TPSA) is 53.4 Å². The van der Waals surface area contributed by atoms with E-state index < -0.39 is 6.29 Å². The Kier molecular flexibility index (Phi) is 5.47. The van der Waals surface area contributed by atoms with Crippen LogP contribution in [0.5, 0.6) is 0 Å². The van der Waals surface area contributed by atoms with Gasteiger partial charge in [0, 0.05) is 25.1 Å². The number of ketones is 1. The van der Waals surface area contributed by atoms with E-state index in [0.717, 1.165) is 23.1 Å². The molecule has 2 rings (SSSR count). The van der Waals surface area contributed by atoms with Gasteiger partial charge in [0.05, 0.1) is 17.6 Å². The van der Waals surface area contributed by atoms with Crippen LogP contribution >= 0.6 is 0 Å². The zero-order valence-corrected chi connectivity index (χ0v) is 12.8. The summed E-state index contributed by atoms with van der Waals surface area (Å²) in [6, 6.07) is 7.95. The molecule has 0 unspecified atom stereocenters. The number of aryl methyl sites for hydroxylation is 1. The van der Waals surface area contributed by atoms with Crippen molar-refractivity contribution in [2.45, 2.75) is 40.0 Å². The second-order valence-electron chi connectivity index (χ2n) is 4.67. The van der Waals surface area contributed by atoms with Crippen LogP contribution in [0.25, 0.3) is 10.9 Å². The van der Waals surface area contributed by atoms with E-state index >= 15 is 0 Å². The number of aromatic nitrogens is 2. The van der Waals surface area contributed by atoms with Crippen molar-refractivity contribution in [3.8, 4) is 0 Å². The summed E-state index contributed by atoms with van der Waals surface area (Å²) < 4.78 is 12.6. The van der Waals surface area contributed by atoms with Crippen LogP contribution in [0.3, 0.4) is 0 Å². The van der Waals surface area contributed by atoms with Gasteiger partial charge in [0.25, 0.3) is 0 Å². The molecule has 0 amide bonds. The van der Waals surface area contributed by atoms with Crippen molar-refractivity contribution in [2.75, 3.05) is 13.2 Å².